The smallest absolute Gasteiger partial charge is 0.0156 e. The molecule has 6 unspecified atom stereocenters. The van der Waals surface area contributed by atoms with Crippen LogP contribution in [0, 0.1) is 50.4 Å². The Morgan fingerprint density at radius 3 is 1.23 bits per heavy atom. The number of hydrogen-bond acceptors (Lipinski definition) is 0. The normalized spacial score (nSPS) is 29.5. The van der Waals surface area contributed by atoms with Gasteiger partial charge in [-0.15, -0.1) is 13.2 Å². The molecule has 10 rings (SSSR count). The van der Waals surface area contributed by atoms with Gasteiger partial charge in [0.15, 0.2) is 0 Å². The average Bonchev–Trinajstić information content (AvgIpc) is 4.04. The minimum absolute atomic E-state index is 0. The van der Waals surface area contributed by atoms with Crippen molar-refractivity contribution in [3.63, 3.8) is 0 Å². The van der Waals surface area contributed by atoms with E-state index in [1.807, 2.05) is 0 Å². The van der Waals surface area contributed by atoms with Gasteiger partial charge in [0.2, 0.25) is 0 Å². The number of halogens is 4. The van der Waals surface area contributed by atoms with Crippen LogP contribution in [0.4, 0.5) is 0 Å². The van der Waals surface area contributed by atoms with Crippen LogP contribution in [0.2, 0.25) is 0 Å². The molecule has 0 spiro atoms. The molecule has 0 radical (unpaired) electrons. The maximum absolute atomic E-state index is 3.73. The minimum atomic E-state index is -0.145. The van der Waals surface area contributed by atoms with E-state index in [1.54, 1.807) is 5.56 Å². The van der Waals surface area contributed by atoms with Gasteiger partial charge in [0.1, 0.15) is 0 Å². The van der Waals surface area contributed by atoms with Gasteiger partial charge in [-0.25, -0.2) is 0 Å². The van der Waals surface area contributed by atoms with E-state index in [-0.39, 0.29) is 33.4 Å². The first kappa shape index (κ1) is 51.3. The van der Waals surface area contributed by atoms with Gasteiger partial charge in [-0.1, -0.05) is 200 Å². The topological polar surface area (TPSA) is 0 Å². The van der Waals surface area contributed by atoms with Crippen LogP contribution in [0.25, 0.3) is 11.6 Å². The first-order chi connectivity index (χ1) is 27.0. The van der Waals surface area contributed by atoms with Crippen LogP contribution in [0.1, 0.15) is 144 Å². The first-order valence-corrected chi connectivity index (χ1v) is 34.7. The van der Waals surface area contributed by atoms with Crippen LogP contribution >= 0.6 is 56.3 Å². The SMILES string of the molecule is BrC1CC2CCCCC2C1.BrC1CC2CCCCC2C1.C1=C(c2ccccc2)Cc2ccccc21.C=C.[Br][Zr+2][Br].[CH3-].[CH3-].c1ccc(C2CC3CCCCC3C2)cc1. The summed E-state index contributed by atoms with van der Waals surface area (Å²) in [7, 11) is 0. The van der Waals surface area contributed by atoms with Crippen molar-refractivity contribution in [2.75, 3.05) is 0 Å². The molecule has 0 aliphatic heterocycles. The molecule has 6 atom stereocenters. The third-order valence-corrected chi connectivity index (χ3v) is 15.3. The van der Waals surface area contributed by atoms with E-state index in [0.29, 0.717) is 0 Å². The first-order valence-electron chi connectivity index (χ1n) is 21.6. The van der Waals surface area contributed by atoms with E-state index in [4.69, 9.17) is 0 Å². The van der Waals surface area contributed by atoms with Crippen molar-refractivity contribution >= 4 is 67.9 Å². The average molecular weight is 1110 g/mol. The number of allylic oxidation sites excluding steroid dienone is 1. The Hall–Kier alpha value is -0.0569. The summed E-state index contributed by atoms with van der Waals surface area (Å²) in [5.41, 5.74) is 7.17. The molecule has 0 amide bonds. The van der Waals surface area contributed by atoms with E-state index in [1.165, 1.54) is 138 Å². The number of fused-ring (bicyclic) bond motifs is 4. The summed E-state index contributed by atoms with van der Waals surface area (Å²) in [5, 5.41) is 0. The Kier molecular flexibility index (Phi) is 25.7. The zero-order chi connectivity index (χ0) is 38.8. The fourth-order valence-electron chi connectivity index (χ4n) is 11.2. The molecule has 6 fully saturated rings. The molecule has 57 heavy (non-hydrogen) atoms. The molecule has 5 heteroatoms. The molecule has 0 heterocycles. The van der Waals surface area contributed by atoms with E-state index >= 15 is 0 Å². The van der Waals surface area contributed by atoms with Crippen molar-refractivity contribution in [1.82, 2.24) is 0 Å². The fourth-order valence-corrected chi connectivity index (χ4v) is 13.1. The van der Waals surface area contributed by atoms with Crippen molar-refractivity contribution in [2.24, 2.45) is 35.5 Å². The second-order valence-corrected chi connectivity index (χ2v) is 31.0. The summed E-state index contributed by atoms with van der Waals surface area (Å²) in [5.74, 6) is 7.37. The molecule has 7 aliphatic carbocycles. The van der Waals surface area contributed by atoms with E-state index in [0.717, 1.165) is 57.5 Å². The Balaban J connectivity index is 0.000000197. The van der Waals surface area contributed by atoms with Crippen LogP contribution in [-0.4, -0.2) is 9.65 Å². The molecule has 0 N–H and O–H groups in total. The molecule has 0 aromatic heterocycles. The van der Waals surface area contributed by atoms with Crippen molar-refractivity contribution < 1.29 is 18.5 Å². The van der Waals surface area contributed by atoms with E-state index in [9.17, 15) is 0 Å². The van der Waals surface area contributed by atoms with Crippen LogP contribution in [0.15, 0.2) is 98.1 Å². The van der Waals surface area contributed by atoms with E-state index < -0.39 is 0 Å². The summed E-state index contributed by atoms with van der Waals surface area (Å²) in [6, 6.07) is 30.4. The van der Waals surface area contributed by atoms with Crippen molar-refractivity contribution in [1.29, 1.82) is 0 Å². The zero-order valence-electron chi connectivity index (χ0n) is 35.2. The molecule has 7 aliphatic rings. The molecular formula is C52H72Br4Zr. The number of hydrogen-bond donors (Lipinski definition) is 0. The summed E-state index contributed by atoms with van der Waals surface area (Å²) in [6.07, 6.45) is 30.2. The Bertz CT molecular complexity index is 1460. The summed E-state index contributed by atoms with van der Waals surface area (Å²) >= 11 is 13.8. The molecular weight excluding hydrogens is 1040 g/mol. The Labute approximate surface area is 390 Å². The minimum Gasteiger partial charge on any atom is -0.358 e. The molecule has 3 aromatic rings. The van der Waals surface area contributed by atoms with Gasteiger partial charge in [0.25, 0.3) is 0 Å². The third kappa shape index (κ3) is 16.3. The molecule has 6 saturated carbocycles. The summed E-state index contributed by atoms with van der Waals surface area (Å²) in [4.78, 5) is 1.72. The second-order valence-electron chi connectivity index (χ2n) is 17.1. The summed E-state index contributed by atoms with van der Waals surface area (Å²) in [6.45, 7) is 6.00. The van der Waals surface area contributed by atoms with E-state index in [2.05, 4.69) is 160 Å². The molecule has 3 aromatic carbocycles. The zero-order valence-corrected chi connectivity index (χ0v) is 44.0. The molecule has 0 saturated heterocycles. The largest absolute Gasteiger partial charge is 0.358 e. The van der Waals surface area contributed by atoms with Gasteiger partial charge in [-0.3, -0.25) is 0 Å². The quantitative estimate of drug-likeness (QED) is 0.136. The van der Waals surface area contributed by atoms with Crippen LogP contribution < -0.4 is 0 Å². The van der Waals surface area contributed by atoms with Gasteiger partial charge in [-0.2, -0.15) is 0 Å². The Morgan fingerprint density at radius 2 is 0.825 bits per heavy atom. The van der Waals surface area contributed by atoms with Gasteiger partial charge in [0, 0.05) is 9.65 Å². The number of rotatable bonds is 2. The monoisotopic (exact) mass is 1100 g/mol. The van der Waals surface area contributed by atoms with Crippen LogP contribution in [0.3, 0.4) is 0 Å². The molecule has 0 nitrogen and oxygen atoms in total. The maximum Gasteiger partial charge on any atom is -0.0156 e. The van der Waals surface area contributed by atoms with Gasteiger partial charge >= 0.3 is 43.0 Å². The van der Waals surface area contributed by atoms with Gasteiger partial charge < -0.3 is 14.9 Å². The van der Waals surface area contributed by atoms with Gasteiger partial charge in [-0.05, 0) is 114 Å². The maximum atomic E-state index is 3.73. The fraction of sp³-hybridized carbons (Fsp3) is 0.538. The van der Waals surface area contributed by atoms with Gasteiger partial charge in [0.05, 0.1) is 0 Å². The van der Waals surface area contributed by atoms with Crippen molar-refractivity contribution in [3.05, 3.63) is 135 Å². The Morgan fingerprint density at radius 1 is 0.474 bits per heavy atom. The van der Waals surface area contributed by atoms with Crippen LogP contribution in [0.5, 0.6) is 0 Å². The number of benzene rings is 3. The predicted molar refractivity (Wildman–Crippen MR) is 265 cm³/mol. The van der Waals surface area contributed by atoms with Crippen LogP contribution in [-0.2, 0) is 25.0 Å². The third-order valence-electron chi connectivity index (χ3n) is 13.8. The molecule has 0 bridgehead atoms. The molecule has 312 valence electrons. The number of alkyl halides is 2. The predicted octanol–water partition coefficient (Wildman–Crippen LogP) is 18.2. The van der Waals surface area contributed by atoms with Crippen molar-refractivity contribution in [2.45, 2.75) is 138 Å². The van der Waals surface area contributed by atoms with Crippen molar-refractivity contribution in [3.8, 4) is 0 Å². The summed E-state index contributed by atoms with van der Waals surface area (Å²) < 4.78 is 0. The standard InChI is InChI=1S/C15H20.C15H12.2C9H15Br.C2H4.2CH3.2BrH.Zr/c2*1-2-6-12(7-3-1)15-10-13-8-4-5-9-14(13)11-15;2*10-9-5-7-3-1-2-4-8(7)6-9;1-2;;;;;/h1-3,6-7,13-15H,4-5,8-11H2;1-10H,11H2;2*7-9H,1-6H2;1-2H2;2*1H3;2*1H;/q;;;;;2*-1;;;+4/p-2. The second kappa shape index (κ2) is 28.5.